The van der Waals surface area contributed by atoms with E-state index in [1.54, 1.807) is 30.3 Å². The number of amides is 1. The van der Waals surface area contributed by atoms with Gasteiger partial charge in [-0.2, -0.15) is 5.26 Å². The van der Waals surface area contributed by atoms with Crippen LogP contribution in [0.3, 0.4) is 0 Å². The van der Waals surface area contributed by atoms with Crippen LogP contribution in [-0.4, -0.2) is 38.7 Å². The van der Waals surface area contributed by atoms with Crippen molar-refractivity contribution in [2.45, 2.75) is 6.92 Å². The molecule has 0 heterocycles. The van der Waals surface area contributed by atoms with Crippen LogP contribution in [0.4, 0.5) is 0 Å². The molecule has 7 heteroatoms. The van der Waals surface area contributed by atoms with Gasteiger partial charge in [-0.05, 0) is 54.5 Å². The van der Waals surface area contributed by atoms with Gasteiger partial charge >= 0.3 is 5.97 Å². The number of nitriles is 1. The van der Waals surface area contributed by atoms with Gasteiger partial charge in [0.2, 0.25) is 0 Å². The van der Waals surface area contributed by atoms with Gasteiger partial charge in [0.05, 0.1) is 13.2 Å². The topological polar surface area (TPSA) is 97.7 Å². The van der Waals surface area contributed by atoms with Crippen molar-refractivity contribution in [2.24, 2.45) is 0 Å². The SMILES string of the molecule is CCOc1ccc(/C=C/C(=O)Oc2ccc(/C=C(\C#N)C(=O)NCCOC)cc2)cc1. The largest absolute Gasteiger partial charge is 0.494 e. The van der Waals surface area contributed by atoms with Gasteiger partial charge < -0.3 is 19.5 Å². The monoisotopic (exact) mass is 420 g/mol. The third kappa shape index (κ3) is 8.17. The molecular formula is C24H24N2O5. The van der Waals surface area contributed by atoms with E-state index in [1.807, 2.05) is 37.3 Å². The second-order valence-corrected chi connectivity index (χ2v) is 6.24. The van der Waals surface area contributed by atoms with E-state index < -0.39 is 11.9 Å². The highest BCUT2D eigenvalue weighted by atomic mass is 16.5. The minimum Gasteiger partial charge on any atom is -0.494 e. The van der Waals surface area contributed by atoms with Crippen LogP contribution in [0.2, 0.25) is 0 Å². The molecule has 1 amide bonds. The average molecular weight is 420 g/mol. The number of rotatable bonds is 10. The molecule has 31 heavy (non-hydrogen) atoms. The predicted octanol–water partition coefficient (Wildman–Crippen LogP) is 3.37. The summed E-state index contributed by atoms with van der Waals surface area (Å²) < 4.78 is 15.5. The highest BCUT2D eigenvalue weighted by Crippen LogP contribution is 2.16. The number of nitrogens with one attached hydrogen (secondary N) is 1. The van der Waals surface area contributed by atoms with Crippen molar-refractivity contribution in [3.8, 4) is 17.6 Å². The van der Waals surface area contributed by atoms with Crippen LogP contribution < -0.4 is 14.8 Å². The Morgan fingerprint density at radius 2 is 1.68 bits per heavy atom. The second-order valence-electron chi connectivity index (χ2n) is 6.24. The van der Waals surface area contributed by atoms with Crippen molar-refractivity contribution >= 4 is 24.0 Å². The zero-order chi connectivity index (χ0) is 22.5. The van der Waals surface area contributed by atoms with E-state index >= 15 is 0 Å². The summed E-state index contributed by atoms with van der Waals surface area (Å²) in [6.07, 6.45) is 4.44. The number of hydrogen-bond acceptors (Lipinski definition) is 6. The molecule has 2 aromatic rings. The lowest BCUT2D eigenvalue weighted by Gasteiger charge is -2.04. The van der Waals surface area contributed by atoms with E-state index in [0.29, 0.717) is 31.1 Å². The Morgan fingerprint density at radius 3 is 2.29 bits per heavy atom. The minimum atomic E-state index is -0.521. The van der Waals surface area contributed by atoms with E-state index in [9.17, 15) is 14.9 Å². The maximum atomic E-state index is 12.0. The van der Waals surface area contributed by atoms with Crippen molar-refractivity contribution in [1.29, 1.82) is 5.26 Å². The van der Waals surface area contributed by atoms with E-state index in [0.717, 1.165) is 11.3 Å². The van der Waals surface area contributed by atoms with Gasteiger partial charge in [-0.3, -0.25) is 4.79 Å². The molecule has 0 aliphatic heterocycles. The summed E-state index contributed by atoms with van der Waals surface area (Å²) in [5, 5.41) is 11.8. The molecule has 0 aliphatic carbocycles. The van der Waals surface area contributed by atoms with Crippen LogP contribution in [0.5, 0.6) is 11.5 Å². The molecule has 0 spiro atoms. The number of esters is 1. The normalized spacial score (nSPS) is 11.1. The fourth-order valence-electron chi connectivity index (χ4n) is 2.47. The maximum absolute atomic E-state index is 12.0. The van der Waals surface area contributed by atoms with E-state index in [-0.39, 0.29) is 5.57 Å². The molecule has 7 nitrogen and oxygen atoms in total. The van der Waals surface area contributed by atoms with Gasteiger partial charge in [-0.1, -0.05) is 24.3 Å². The van der Waals surface area contributed by atoms with Crippen molar-refractivity contribution < 1.29 is 23.8 Å². The van der Waals surface area contributed by atoms with Gasteiger partial charge in [0.1, 0.15) is 23.1 Å². The van der Waals surface area contributed by atoms with Crippen molar-refractivity contribution in [3.05, 3.63) is 71.3 Å². The molecule has 0 radical (unpaired) electrons. The first-order valence-corrected chi connectivity index (χ1v) is 9.67. The fourth-order valence-corrected chi connectivity index (χ4v) is 2.47. The Bertz CT molecular complexity index is 971. The van der Waals surface area contributed by atoms with Gasteiger partial charge in [-0.15, -0.1) is 0 Å². The molecule has 160 valence electrons. The molecular weight excluding hydrogens is 396 g/mol. The van der Waals surface area contributed by atoms with Gasteiger partial charge in [0.25, 0.3) is 5.91 Å². The molecule has 2 rings (SSSR count). The maximum Gasteiger partial charge on any atom is 0.336 e. The van der Waals surface area contributed by atoms with Crippen LogP contribution in [0.25, 0.3) is 12.2 Å². The number of nitrogens with zero attached hydrogens (tertiary/aromatic N) is 1. The van der Waals surface area contributed by atoms with Crippen LogP contribution >= 0.6 is 0 Å². The smallest absolute Gasteiger partial charge is 0.336 e. The summed E-state index contributed by atoms with van der Waals surface area (Å²) in [4.78, 5) is 24.0. The van der Waals surface area contributed by atoms with Crippen LogP contribution in [0.15, 0.2) is 60.2 Å². The van der Waals surface area contributed by atoms with E-state index in [2.05, 4.69) is 5.32 Å². The Hall–Kier alpha value is -3.89. The minimum absolute atomic E-state index is 0.0286. The number of methoxy groups -OCH3 is 1. The fraction of sp³-hybridized carbons (Fsp3) is 0.208. The molecule has 1 N–H and O–H groups in total. The Balaban J connectivity index is 1.94. The number of carbonyl (C=O) groups is 2. The number of carbonyl (C=O) groups excluding carboxylic acids is 2. The van der Waals surface area contributed by atoms with Gasteiger partial charge in [0.15, 0.2) is 0 Å². The standard InChI is InChI=1S/C24H24N2O5/c1-3-30-21-9-4-18(5-10-21)8-13-23(27)31-22-11-6-19(7-12-22)16-20(17-25)24(28)26-14-15-29-2/h4-13,16H,3,14-15H2,1-2H3,(H,26,28)/b13-8+,20-16+. The molecule has 0 saturated heterocycles. The molecule has 0 saturated carbocycles. The van der Waals surface area contributed by atoms with E-state index in [1.165, 1.54) is 19.3 Å². The summed E-state index contributed by atoms with van der Waals surface area (Å²) in [5.41, 5.74) is 1.44. The predicted molar refractivity (Wildman–Crippen MR) is 117 cm³/mol. The summed E-state index contributed by atoms with van der Waals surface area (Å²) in [5.74, 6) is 0.117. The Labute approximate surface area is 181 Å². The van der Waals surface area contributed by atoms with E-state index in [4.69, 9.17) is 14.2 Å². The summed E-state index contributed by atoms with van der Waals surface area (Å²) >= 11 is 0. The average Bonchev–Trinajstić information content (AvgIpc) is 2.78. The lowest BCUT2D eigenvalue weighted by Crippen LogP contribution is -2.27. The van der Waals surface area contributed by atoms with Gasteiger partial charge in [-0.25, -0.2) is 4.79 Å². The highest BCUT2D eigenvalue weighted by Gasteiger charge is 2.08. The van der Waals surface area contributed by atoms with Crippen LogP contribution in [0.1, 0.15) is 18.1 Å². The van der Waals surface area contributed by atoms with Crippen molar-refractivity contribution in [3.63, 3.8) is 0 Å². The lowest BCUT2D eigenvalue weighted by atomic mass is 10.1. The molecule has 0 aromatic heterocycles. The molecule has 0 atom stereocenters. The summed E-state index contributed by atoms with van der Waals surface area (Å²) in [6.45, 7) is 3.18. The third-order valence-electron chi connectivity index (χ3n) is 3.97. The third-order valence-corrected chi connectivity index (χ3v) is 3.97. The molecule has 0 fully saturated rings. The molecule has 0 unspecified atom stereocenters. The highest BCUT2D eigenvalue weighted by molar-refractivity contribution is 6.01. The molecule has 0 bridgehead atoms. The lowest BCUT2D eigenvalue weighted by molar-refractivity contribution is -0.128. The molecule has 0 aliphatic rings. The van der Waals surface area contributed by atoms with Gasteiger partial charge in [0, 0.05) is 19.7 Å². The summed E-state index contributed by atoms with van der Waals surface area (Å²) in [7, 11) is 1.53. The summed E-state index contributed by atoms with van der Waals surface area (Å²) in [6, 6.07) is 15.7. The van der Waals surface area contributed by atoms with Crippen LogP contribution in [0, 0.1) is 11.3 Å². The van der Waals surface area contributed by atoms with Crippen molar-refractivity contribution in [2.75, 3.05) is 26.9 Å². The Kier molecular flexibility index (Phi) is 9.53. The zero-order valence-corrected chi connectivity index (χ0v) is 17.5. The zero-order valence-electron chi connectivity index (χ0n) is 17.5. The van der Waals surface area contributed by atoms with Crippen LogP contribution in [-0.2, 0) is 14.3 Å². The second kappa shape index (κ2) is 12.6. The first kappa shape index (κ1) is 23.4. The first-order valence-electron chi connectivity index (χ1n) is 9.67. The number of benzene rings is 2. The number of hydrogen-bond donors (Lipinski definition) is 1. The quantitative estimate of drug-likeness (QED) is 0.208. The molecule has 2 aromatic carbocycles. The number of ether oxygens (including phenoxy) is 3. The Morgan fingerprint density at radius 1 is 1.03 bits per heavy atom. The van der Waals surface area contributed by atoms with Crippen molar-refractivity contribution in [1.82, 2.24) is 5.32 Å². The first-order chi connectivity index (χ1) is 15.0.